The monoisotopic (exact) mass is 401 g/mol. The van der Waals surface area contributed by atoms with E-state index in [9.17, 15) is 9.59 Å². The number of pyridine rings is 1. The predicted molar refractivity (Wildman–Crippen MR) is 111 cm³/mol. The molecule has 0 amide bonds. The number of carbonyl (C=O) groups is 1. The smallest absolute Gasteiger partial charge is 0.343 e. The molecule has 29 heavy (non-hydrogen) atoms. The number of benzene rings is 1. The Morgan fingerprint density at radius 2 is 1.90 bits per heavy atom. The van der Waals surface area contributed by atoms with Gasteiger partial charge in [0.05, 0.1) is 17.3 Å². The second-order valence-electron chi connectivity index (χ2n) is 8.21. The van der Waals surface area contributed by atoms with Crippen molar-refractivity contribution in [2.24, 2.45) is 0 Å². The lowest BCUT2D eigenvalue weighted by atomic mass is 10.1. The fourth-order valence-corrected chi connectivity index (χ4v) is 3.98. The van der Waals surface area contributed by atoms with Crippen molar-refractivity contribution in [2.75, 3.05) is 37.6 Å². The number of hydrogen-bond acceptors (Lipinski definition) is 5. The molecule has 1 saturated carbocycles. The highest BCUT2D eigenvalue weighted by atomic mass is 19.1. The number of nitrogens with zero attached hydrogens (tertiary/aromatic N) is 3. The summed E-state index contributed by atoms with van der Waals surface area (Å²) < 4.78 is 22.2. The lowest BCUT2D eigenvalue weighted by molar-refractivity contribution is 0.0375. The fraction of sp³-hybridized carbons (Fsp3) is 0.545. The summed E-state index contributed by atoms with van der Waals surface area (Å²) in [5, 5.41) is 0.239. The van der Waals surface area contributed by atoms with Gasteiger partial charge in [-0.2, -0.15) is 0 Å². The number of aromatic nitrogens is 1. The summed E-state index contributed by atoms with van der Waals surface area (Å²) in [5.41, 5.74) is 0.720. The van der Waals surface area contributed by atoms with Crippen molar-refractivity contribution in [2.45, 2.75) is 45.8 Å². The van der Waals surface area contributed by atoms with Crippen molar-refractivity contribution >= 4 is 22.6 Å². The van der Waals surface area contributed by atoms with Gasteiger partial charge in [0, 0.05) is 43.8 Å². The summed E-state index contributed by atoms with van der Waals surface area (Å²) in [4.78, 5) is 29.8. The molecule has 0 bridgehead atoms. The van der Waals surface area contributed by atoms with Crippen molar-refractivity contribution < 1.29 is 13.9 Å². The average molecular weight is 401 g/mol. The van der Waals surface area contributed by atoms with Crippen molar-refractivity contribution in [3.05, 3.63) is 39.9 Å². The highest BCUT2D eigenvalue weighted by Crippen LogP contribution is 2.38. The molecule has 2 aliphatic rings. The summed E-state index contributed by atoms with van der Waals surface area (Å²) in [7, 11) is 0. The van der Waals surface area contributed by atoms with E-state index in [2.05, 4.69) is 11.8 Å². The molecule has 0 atom stereocenters. The van der Waals surface area contributed by atoms with Gasteiger partial charge in [0.2, 0.25) is 5.43 Å². The minimum absolute atomic E-state index is 0.0261. The Morgan fingerprint density at radius 3 is 2.48 bits per heavy atom. The Morgan fingerprint density at radius 1 is 1.21 bits per heavy atom. The van der Waals surface area contributed by atoms with E-state index in [1.165, 1.54) is 6.07 Å². The van der Waals surface area contributed by atoms with Gasteiger partial charge in [-0.25, -0.2) is 9.18 Å². The van der Waals surface area contributed by atoms with E-state index in [0.29, 0.717) is 11.2 Å². The number of likely N-dealkylation sites (N-methyl/N-ethyl adjacent to an activating group) is 1. The van der Waals surface area contributed by atoms with E-state index >= 15 is 4.39 Å². The molecule has 1 saturated heterocycles. The number of fused-ring (bicyclic) bond motifs is 1. The normalized spacial score (nSPS) is 17.9. The van der Waals surface area contributed by atoms with E-state index in [1.54, 1.807) is 26.1 Å². The number of hydrogen-bond donors (Lipinski definition) is 0. The number of anilines is 1. The van der Waals surface area contributed by atoms with Gasteiger partial charge in [-0.3, -0.25) is 4.79 Å². The Labute approximate surface area is 169 Å². The Hall–Kier alpha value is -2.41. The highest BCUT2D eigenvalue weighted by Gasteiger charge is 2.29. The molecule has 0 unspecified atom stereocenters. The maximum absolute atomic E-state index is 15.0. The highest BCUT2D eigenvalue weighted by molar-refractivity contribution is 5.94. The molecule has 7 heteroatoms. The maximum atomic E-state index is 15.0. The van der Waals surface area contributed by atoms with Crippen LogP contribution in [0.5, 0.6) is 0 Å². The van der Waals surface area contributed by atoms with Gasteiger partial charge in [-0.05, 0) is 45.4 Å². The Kier molecular flexibility index (Phi) is 5.34. The van der Waals surface area contributed by atoms with Crippen molar-refractivity contribution in [1.29, 1.82) is 0 Å². The standard InChI is InChI=1S/C22H28FN3O3/c1-4-24-7-9-25(10-8-24)20-12-19-16(11-18(20)23)21(27)17(22(28)29-14(2)3)13-26(19)15-5-6-15/h11-15H,4-10H2,1-3H3. The Balaban J connectivity index is 1.79. The number of rotatable bonds is 5. The molecule has 0 radical (unpaired) electrons. The molecule has 1 aromatic carbocycles. The second-order valence-corrected chi connectivity index (χ2v) is 8.21. The zero-order chi connectivity index (χ0) is 20.7. The molecule has 2 aromatic rings. The van der Waals surface area contributed by atoms with Crippen LogP contribution in [-0.4, -0.2) is 54.3 Å². The lowest BCUT2D eigenvalue weighted by Gasteiger charge is -2.35. The van der Waals surface area contributed by atoms with Gasteiger partial charge in [0.1, 0.15) is 11.4 Å². The van der Waals surface area contributed by atoms with Gasteiger partial charge in [0.15, 0.2) is 0 Å². The summed E-state index contributed by atoms with van der Waals surface area (Å²) in [6.07, 6.45) is 3.24. The molecule has 6 nitrogen and oxygen atoms in total. The first-order valence-electron chi connectivity index (χ1n) is 10.5. The predicted octanol–water partition coefficient (Wildman–Crippen LogP) is 3.18. The molecule has 156 valence electrons. The van der Waals surface area contributed by atoms with Crippen molar-refractivity contribution in [3.63, 3.8) is 0 Å². The molecular formula is C22H28FN3O3. The topological polar surface area (TPSA) is 54.8 Å². The third kappa shape index (κ3) is 3.88. The number of esters is 1. The number of piperazine rings is 1. The summed E-state index contributed by atoms with van der Waals surface area (Å²) in [6, 6.07) is 3.31. The first-order valence-corrected chi connectivity index (χ1v) is 10.5. The first-order chi connectivity index (χ1) is 13.9. The van der Waals surface area contributed by atoms with Gasteiger partial charge < -0.3 is 19.1 Å². The van der Waals surface area contributed by atoms with Gasteiger partial charge in [-0.1, -0.05) is 6.92 Å². The van der Waals surface area contributed by atoms with E-state index in [1.807, 2.05) is 9.47 Å². The van der Waals surface area contributed by atoms with Crippen LogP contribution in [0.15, 0.2) is 23.1 Å². The molecule has 1 aromatic heterocycles. The molecule has 1 aliphatic carbocycles. The Bertz CT molecular complexity index is 989. The SMILES string of the molecule is CCN1CCN(c2cc3c(cc2F)c(=O)c(C(=O)OC(C)C)cn3C2CC2)CC1. The summed E-state index contributed by atoms with van der Waals surface area (Å²) in [6.45, 7) is 9.89. The third-order valence-corrected chi connectivity index (χ3v) is 5.76. The first kappa shape index (κ1) is 19.9. The van der Waals surface area contributed by atoms with Crippen LogP contribution in [0.2, 0.25) is 0 Å². The summed E-state index contributed by atoms with van der Waals surface area (Å²) >= 11 is 0. The average Bonchev–Trinajstić information content (AvgIpc) is 3.53. The van der Waals surface area contributed by atoms with E-state index in [0.717, 1.165) is 45.6 Å². The molecule has 0 spiro atoms. The fourth-order valence-electron chi connectivity index (χ4n) is 3.98. The summed E-state index contributed by atoms with van der Waals surface area (Å²) in [5.74, 6) is -1.07. The van der Waals surface area contributed by atoms with Crippen LogP contribution in [0.1, 0.15) is 50.0 Å². The molecule has 1 aliphatic heterocycles. The van der Waals surface area contributed by atoms with Crippen molar-refractivity contribution in [1.82, 2.24) is 9.47 Å². The van der Waals surface area contributed by atoms with Crippen LogP contribution in [0.25, 0.3) is 10.9 Å². The van der Waals surface area contributed by atoms with Crippen molar-refractivity contribution in [3.8, 4) is 0 Å². The number of carbonyl (C=O) groups excluding carboxylic acids is 1. The minimum atomic E-state index is -0.651. The molecule has 2 heterocycles. The van der Waals surface area contributed by atoms with E-state index in [4.69, 9.17) is 4.74 Å². The van der Waals surface area contributed by atoms with Crippen LogP contribution in [0.4, 0.5) is 10.1 Å². The number of ether oxygens (including phenoxy) is 1. The van der Waals surface area contributed by atoms with E-state index < -0.39 is 17.2 Å². The van der Waals surface area contributed by atoms with Gasteiger partial charge in [0.25, 0.3) is 0 Å². The minimum Gasteiger partial charge on any atom is -0.459 e. The third-order valence-electron chi connectivity index (χ3n) is 5.76. The molecule has 2 fully saturated rings. The van der Waals surface area contributed by atoms with Gasteiger partial charge in [-0.15, -0.1) is 0 Å². The largest absolute Gasteiger partial charge is 0.459 e. The van der Waals surface area contributed by atoms with Gasteiger partial charge >= 0.3 is 5.97 Å². The quantitative estimate of drug-likeness (QED) is 0.721. The molecule has 0 N–H and O–H groups in total. The molecule has 4 rings (SSSR count). The lowest BCUT2D eigenvalue weighted by Crippen LogP contribution is -2.46. The van der Waals surface area contributed by atoms with Crippen LogP contribution < -0.4 is 10.3 Å². The van der Waals surface area contributed by atoms with E-state index in [-0.39, 0.29) is 23.1 Å². The molecular weight excluding hydrogens is 373 g/mol. The van der Waals surface area contributed by atoms with Crippen LogP contribution in [-0.2, 0) is 4.74 Å². The number of halogens is 1. The van der Waals surface area contributed by atoms with Crippen LogP contribution in [0.3, 0.4) is 0 Å². The van der Waals surface area contributed by atoms with Crippen LogP contribution >= 0.6 is 0 Å². The second kappa shape index (κ2) is 7.78. The zero-order valence-corrected chi connectivity index (χ0v) is 17.3. The van der Waals surface area contributed by atoms with Crippen LogP contribution in [0, 0.1) is 5.82 Å². The zero-order valence-electron chi connectivity index (χ0n) is 17.3. The maximum Gasteiger partial charge on any atom is 0.343 e.